The van der Waals surface area contributed by atoms with Gasteiger partial charge in [-0.2, -0.15) is 5.26 Å². The van der Waals surface area contributed by atoms with E-state index in [4.69, 9.17) is 11.6 Å². The lowest BCUT2D eigenvalue weighted by molar-refractivity contribution is 1.18. The molecule has 0 amide bonds. The van der Waals surface area contributed by atoms with Crippen molar-refractivity contribution in [1.82, 2.24) is 4.57 Å². The molecule has 0 fully saturated rings. The van der Waals surface area contributed by atoms with E-state index in [0.717, 1.165) is 16.8 Å². The van der Waals surface area contributed by atoms with E-state index in [1.807, 2.05) is 12.1 Å². The van der Waals surface area contributed by atoms with E-state index in [0.29, 0.717) is 10.6 Å². The molecule has 3 heteroatoms. The summed E-state index contributed by atoms with van der Waals surface area (Å²) in [6, 6.07) is 32.9. The van der Waals surface area contributed by atoms with E-state index >= 15 is 0 Å². The molecular formula is C25H15ClN2. The molecule has 132 valence electrons. The van der Waals surface area contributed by atoms with Crippen molar-refractivity contribution in [3.8, 4) is 22.9 Å². The quantitative estimate of drug-likeness (QED) is 0.326. The minimum absolute atomic E-state index is 0.564. The van der Waals surface area contributed by atoms with Gasteiger partial charge >= 0.3 is 0 Å². The molecule has 0 radical (unpaired) electrons. The fraction of sp³-hybridized carbons (Fsp3) is 0. The highest BCUT2D eigenvalue weighted by Gasteiger charge is 2.11. The first-order valence-electron chi connectivity index (χ1n) is 9.04. The Hall–Kier alpha value is -3.54. The van der Waals surface area contributed by atoms with E-state index in [-0.39, 0.29) is 0 Å². The van der Waals surface area contributed by atoms with Gasteiger partial charge in [0.25, 0.3) is 0 Å². The van der Waals surface area contributed by atoms with Gasteiger partial charge in [-0.3, -0.25) is 0 Å². The Balaban J connectivity index is 1.68. The minimum Gasteiger partial charge on any atom is -0.309 e. The predicted molar refractivity (Wildman–Crippen MR) is 116 cm³/mol. The monoisotopic (exact) mass is 378 g/mol. The number of benzene rings is 4. The number of nitriles is 1. The first-order valence-corrected chi connectivity index (χ1v) is 9.42. The average molecular weight is 379 g/mol. The van der Waals surface area contributed by atoms with Crippen LogP contribution in [0.4, 0.5) is 0 Å². The molecule has 0 bridgehead atoms. The maximum atomic E-state index is 9.19. The predicted octanol–water partition coefficient (Wildman–Crippen LogP) is 6.98. The van der Waals surface area contributed by atoms with Crippen LogP contribution in [0.1, 0.15) is 5.56 Å². The number of para-hydroxylation sites is 2. The lowest BCUT2D eigenvalue weighted by Crippen LogP contribution is -1.93. The maximum absolute atomic E-state index is 9.19. The standard InChI is InChI=1S/C25H15ClN2/c26-20-14-17(16-27)13-19(15-20)18-9-11-21(12-10-18)28-24-7-3-1-5-22(24)23-6-2-4-8-25(23)28/h1-15H. The lowest BCUT2D eigenvalue weighted by atomic mass is 10.0. The number of aromatic nitrogens is 1. The third-order valence-electron chi connectivity index (χ3n) is 5.07. The van der Waals surface area contributed by atoms with Crippen LogP contribution >= 0.6 is 11.6 Å². The van der Waals surface area contributed by atoms with Gasteiger partial charge in [0.15, 0.2) is 0 Å². The van der Waals surface area contributed by atoms with Crippen LogP contribution in [0.25, 0.3) is 38.6 Å². The Morgan fingerprint density at radius 1 is 0.679 bits per heavy atom. The van der Waals surface area contributed by atoms with E-state index in [1.54, 1.807) is 6.07 Å². The van der Waals surface area contributed by atoms with Gasteiger partial charge in [0.05, 0.1) is 22.7 Å². The van der Waals surface area contributed by atoms with Gasteiger partial charge in [0.2, 0.25) is 0 Å². The highest BCUT2D eigenvalue weighted by Crippen LogP contribution is 2.32. The molecule has 1 aromatic heterocycles. The van der Waals surface area contributed by atoms with Crippen LogP contribution in [-0.4, -0.2) is 4.57 Å². The number of nitrogens with zero attached hydrogens (tertiary/aromatic N) is 2. The Bertz CT molecular complexity index is 1320. The van der Waals surface area contributed by atoms with Crippen molar-refractivity contribution in [3.63, 3.8) is 0 Å². The van der Waals surface area contributed by atoms with Gasteiger partial charge in [-0.15, -0.1) is 0 Å². The fourth-order valence-electron chi connectivity index (χ4n) is 3.82. The lowest BCUT2D eigenvalue weighted by Gasteiger charge is -2.10. The normalized spacial score (nSPS) is 11.0. The van der Waals surface area contributed by atoms with E-state index in [1.165, 1.54) is 21.8 Å². The van der Waals surface area contributed by atoms with Crippen molar-refractivity contribution in [2.24, 2.45) is 0 Å². The first-order chi connectivity index (χ1) is 13.7. The van der Waals surface area contributed by atoms with Gasteiger partial charge in [-0.05, 0) is 53.6 Å². The molecule has 0 aliphatic heterocycles. The molecule has 5 rings (SSSR count). The number of hydrogen-bond acceptors (Lipinski definition) is 1. The molecule has 0 N–H and O–H groups in total. The van der Waals surface area contributed by atoms with Gasteiger partial charge < -0.3 is 4.57 Å². The van der Waals surface area contributed by atoms with Gasteiger partial charge in [-0.1, -0.05) is 60.1 Å². The third kappa shape index (κ3) is 2.65. The van der Waals surface area contributed by atoms with Crippen molar-refractivity contribution >= 4 is 33.4 Å². The van der Waals surface area contributed by atoms with Crippen molar-refractivity contribution in [3.05, 3.63) is 102 Å². The van der Waals surface area contributed by atoms with Crippen molar-refractivity contribution in [2.45, 2.75) is 0 Å². The molecule has 28 heavy (non-hydrogen) atoms. The van der Waals surface area contributed by atoms with Crippen LogP contribution in [0.2, 0.25) is 5.02 Å². The summed E-state index contributed by atoms with van der Waals surface area (Å²) in [5, 5.41) is 12.3. The third-order valence-corrected chi connectivity index (χ3v) is 5.28. The van der Waals surface area contributed by atoms with Crippen LogP contribution in [0.5, 0.6) is 0 Å². The number of halogens is 1. The van der Waals surface area contributed by atoms with Crippen LogP contribution in [0.3, 0.4) is 0 Å². The second-order valence-electron chi connectivity index (χ2n) is 6.76. The number of fused-ring (bicyclic) bond motifs is 3. The maximum Gasteiger partial charge on any atom is 0.0992 e. The van der Waals surface area contributed by atoms with E-state index in [9.17, 15) is 5.26 Å². The average Bonchev–Trinajstić information content (AvgIpc) is 3.08. The second-order valence-corrected chi connectivity index (χ2v) is 7.19. The fourth-order valence-corrected chi connectivity index (χ4v) is 4.06. The molecular weight excluding hydrogens is 364 g/mol. The first kappa shape index (κ1) is 16.6. The molecule has 5 aromatic rings. The molecule has 0 saturated carbocycles. The molecule has 0 atom stereocenters. The zero-order valence-electron chi connectivity index (χ0n) is 14.9. The zero-order valence-corrected chi connectivity index (χ0v) is 15.7. The van der Waals surface area contributed by atoms with Gasteiger partial charge in [0, 0.05) is 21.5 Å². The van der Waals surface area contributed by atoms with Gasteiger partial charge in [-0.25, -0.2) is 0 Å². The second kappa shape index (κ2) is 6.56. The van der Waals surface area contributed by atoms with E-state index < -0.39 is 0 Å². The molecule has 0 aliphatic carbocycles. The highest BCUT2D eigenvalue weighted by molar-refractivity contribution is 6.31. The summed E-state index contributed by atoms with van der Waals surface area (Å²) in [5.74, 6) is 0. The summed E-state index contributed by atoms with van der Waals surface area (Å²) in [6.45, 7) is 0. The van der Waals surface area contributed by atoms with Crippen molar-refractivity contribution < 1.29 is 0 Å². The molecule has 0 aliphatic rings. The summed E-state index contributed by atoms with van der Waals surface area (Å²) in [4.78, 5) is 0. The van der Waals surface area contributed by atoms with Crippen LogP contribution in [-0.2, 0) is 0 Å². The Morgan fingerprint density at radius 3 is 1.89 bits per heavy atom. The molecule has 0 spiro atoms. The van der Waals surface area contributed by atoms with Gasteiger partial charge in [0.1, 0.15) is 0 Å². The van der Waals surface area contributed by atoms with Crippen LogP contribution in [0, 0.1) is 11.3 Å². The molecule has 0 unspecified atom stereocenters. The van der Waals surface area contributed by atoms with E-state index in [2.05, 4.69) is 83.4 Å². The number of rotatable bonds is 2. The molecule has 1 heterocycles. The largest absolute Gasteiger partial charge is 0.309 e. The minimum atomic E-state index is 0.564. The summed E-state index contributed by atoms with van der Waals surface area (Å²) >= 11 is 6.17. The Morgan fingerprint density at radius 2 is 1.29 bits per heavy atom. The number of hydrogen-bond donors (Lipinski definition) is 0. The highest BCUT2D eigenvalue weighted by atomic mass is 35.5. The smallest absolute Gasteiger partial charge is 0.0992 e. The summed E-state index contributed by atoms with van der Waals surface area (Å²) < 4.78 is 2.28. The summed E-state index contributed by atoms with van der Waals surface area (Å²) in [6.07, 6.45) is 0. The van der Waals surface area contributed by atoms with Crippen molar-refractivity contribution in [2.75, 3.05) is 0 Å². The van der Waals surface area contributed by atoms with Crippen LogP contribution in [0.15, 0.2) is 91.0 Å². The summed E-state index contributed by atoms with van der Waals surface area (Å²) in [5.41, 5.74) is 6.01. The Labute approximate surface area is 167 Å². The zero-order chi connectivity index (χ0) is 19.1. The molecule has 2 nitrogen and oxygen atoms in total. The summed E-state index contributed by atoms with van der Waals surface area (Å²) in [7, 11) is 0. The topological polar surface area (TPSA) is 28.7 Å². The molecule has 4 aromatic carbocycles. The van der Waals surface area contributed by atoms with Crippen LogP contribution < -0.4 is 0 Å². The van der Waals surface area contributed by atoms with Crippen molar-refractivity contribution in [1.29, 1.82) is 5.26 Å². The SMILES string of the molecule is N#Cc1cc(Cl)cc(-c2ccc(-n3c4ccccc4c4ccccc43)cc2)c1. The molecule has 0 saturated heterocycles. The Kier molecular flexibility index (Phi) is 3.90.